The molecule has 1 heterocycles. The van der Waals surface area contributed by atoms with Crippen molar-refractivity contribution in [3.63, 3.8) is 0 Å². The molecule has 2 nitrogen and oxygen atoms in total. The average Bonchev–Trinajstić information content (AvgIpc) is 2.90. The normalized spacial score (nSPS) is 38.5. The molecule has 0 radical (unpaired) electrons. The molecule has 0 amide bonds. The molecule has 0 aromatic rings. The summed E-state index contributed by atoms with van der Waals surface area (Å²) in [5.41, 5.74) is 6.53. The van der Waals surface area contributed by atoms with Crippen LogP contribution in [0.3, 0.4) is 0 Å². The van der Waals surface area contributed by atoms with Crippen LogP contribution >= 0.6 is 0 Å². The Morgan fingerprint density at radius 3 is 2.53 bits per heavy atom. The number of rotatable bonds is 5. The summed E-state index contributed by atoms with van der Waals surface area (Å²) >= 11 is 0. The summed E-state index contributed by atoms with van der Waals surface area (Å²) in [6, 6.07) is 0. The summed E-state index contributed by atoms with van der Waals surface area (Å²) in [6.45, 7) is 4.20. The van der Waals surface area contributed by atoms with E-state index in [4.69, 9.17) is 10.5 Å². The largest absolute Gasteiger partial charge is 0.378 e. The zero-order chi connectivity index (χ0) is 12.1. The van der Waals surface area contributed by atoms with Crippen molar-refractivity contribution in [2.75, 3.05) is 13.2 Å². The van der Waals surface area contributed by atoms with Gasteiger partial charge >= 0.3 is 0 Å². The minimum Gasteiger partial charge on any atom is -0.378 e. The van der Waals surface area contributed by atoms with Crippen LogP contribution in [0.25, 0.3) is 0 Å². The molecule has 2 N–H and O–H groups in total. The molecule has 1 saturated carbocycles. The maximum Gasteiger partial charge on any atom is 0.0576 e. The van der Waals surface area contributed by atoms with E-state index in [-0.39, 0.29) is 0 Å². The van der Waals surface area contributed by atoms with Gasteiger partial charge in [-0.05, 0) is 69.2 Å². The van der Waals surface area contributed by atoms with E-state index in [0.29, 0.717) is 11.5 Å². The minimum absolute atomic E-state index is 0.456. The van der Waals surface area contributed by atoms with Crippen molar-refractivity contribution < 1.29 is 4.74 Å². The molecule has 100 valence electrons. The summed E-state index contributed by atoms with van der Waals surface area (Å²) in [7, 11) is 0. The molecule has 1 aliphatic carbocycles. The van der Waals surface area contributed by atoms with Crippen molar-refractivity contribution in [3.05, 3.63) is 0 Å². The monoisotopic (exact) mass is 239 g/mol. The van der Waals surface area contributed by atoms with Crippen LogP contribution in [0.4, 0.5) is 0 Å². The van der Waals surface area contributed by atoms with Gasteiger partial charge in [-0.3, -0.25) is 0 Å². The number of hydrogen-bond acceptors (Lipinski definition) is 2. The topological polar surface area (TPSA) is 35.2 Å². The van der Waals surface area contributed by atoms with Gasteiger partial charge in [0.15, 0.2) is 0 Å². The Balaban J connectivity index is 1.78. The van der Waals surface area contributed by atoms with Crippen molar-refractivity contribution in [1.82, 2.24) is 0 Å². The van der Waals surface area contributed by atoms with E-state index in [9.17, 15) is 0 Å². The quantitative estimate of drug-likeness (QED) is 0.797. The molecular formula is C15H29NO. The average molecular weight is 239 g/mol. The van der Waals surface area contributed by atoms with Crippen LogP contribution in [0.1, 0.15) is 64.7 Å². The standard InChI is InChI=1S/C15H29NO/c1-2-13-5-8-15(12-16,9-6-13)10-7-14-4-3-11-17-14/h13-14H,2-12,16H2,1H3. The van der Waals surface area contributed by atoms with Gasteiger partial charge in [0.05, 0.1) is 6.10 Å². The third-order valence-corrected chi connectivity index (χ3v) is 5.20. The van der Waals surface area contributed by atoms with Gasteiger partial charge in [0.25, 0.3) is 0 Å². The predicted octanol–water partition coefficient (Wildman–Crippen LogP) is 3.49. The summed E-state index contributed by atoms with van der Waals surface area (Å²) in [5, 5.41) is 0. The van der Waals surface area contributed by atoms with Crippen LogP contribution in [0.2, 0.25) is 0 Å². The fourth-order valence-electron chi connectivity index (χ4n) is 3.59. The number of nitrogens with two attached hydrogens (primary N) is 1. The Kier molecular flexibility index (Phi) is 4.87. The molecule has 2 aliphatic rings. The molecule has 1 saturated heterocycles. The second-order valence-corrected chi connectivity index (χ2v) is 6.23. The van der Waals surface area contributed by atoms with Gasteiger partial charge in [-0.15, -0.1) is 0 Å². The molecule has 0 spiro atoms. The summed E-state index contributed by atoms with van der Waals surface area (Å²) in [6.07, 6.45) is 12.5. The first-order valence-corrected chi connectivity index (χ1v) is 7.60. The molecule has 0 aromatic heterocycles. The molecule has 17 heavy (non-hydrogen) atoms. The zero-order valence-electron chi connectivity index (χ0n) is 11.4. The van der Waals surface area contributed by atoms with E-state index in [0.717, 1.165) is 19.1 Å². The molecule has 1 aliphatic heterocycles. The summed E-state index contributed by atoms with van der Waals surface area (Å²) in [5.74, 6) is 0.970. The Labute approximate surface area is 106 Å². The number of ether oxygens (including phenoxy) is 1. The fourth-order valence-corrected chi connectivity index (χ4v) is 3.59. The highest BCUT2D eigenvalue weighted by atomic mass is 16.5. The lowest BCUT2D eigenvalue weighted by Crippen LogP contribution is -2.35. The summed E-state index contributed by atoms with van der Waals surface area (Å²) < 4.78 is 5.73. The third kappa shape index (κ3) is 3.45. The van der Waals surface area contributed by atoms with Crippen LogP contribution in [-0.2, 0) is 4.74 Å². The second kappa shape index (κ2) is 6.19. The van der Waals surface area contributed by atoms with E-state index in [2.05, 4.69) is 6.92 Å². The molecule has 0 aromatic carbocycles. The Bertz CT molecular complexity index is 215. The van der Waals surface area contributed by atoms with E-state index >= 15 is 0 Å². The Morgan fingerprint density at radius 2 is 2.00 bits per heavy atom. The van der Waals surface area contributed by atoms with Crippen molar-refractivity contribution in [2.24, 2.45) is 17.1 Å². The summed E-state index contributed by atoms with van der Waals surface area (Å²) in [4.78, 5) is 0. The van der Waals surface area contributed by atoms with Crippen molar-refractivity contribution in [1.29, 1.82) is 0 Å². The highest BCUT2D eigenvalue weighted by molar-refractivity contribution is 4.87. The smallest absolute Gasteiger partial charge is 0.0576 e. The van der Waals surface area contributed by atoms with Crippen LogP contribution in [-0.4, -0.2) is 19.3 Å². The van der Waals surface area contributed by atoms with Crippen LogP contribution in [0, 0.1) is 11.3 Å². The molecule has 0 bridgehead atoms. The van der Waals surface area contributed by atoms with Crippen molar-refractivity contribution in [2.45, 2.75) is 70.8 Å². The maximum absolute atomic E-state index is 6.07. The Morgan fingerprint density at radius 1 is 1.24 bits per heavy atom. The van der Waals surface area contributed by atoms with E-state index < -0.39 is 0 Å². The molecular weight excluding hydrogens is 210 g/mol. The van der Waals surface area contributed by atoms with E-state index in [1.807, 2.05) is 0 Å². The first kappa shape index (κ1) is 13.4. The van der Waals surface area contributed by atoms with Gasteiger partial charge in [-0.25, -0.2) is 0 Å². The highest BCUT2D eigenvalue weighted by Gasteiger charge is 2.34. The zero-order valence-corrected chi connectivity index (χ0v) is 11.4. The maximum atomic E-state index is 6.07. The van der Waals surface area contributed by atoms with Gasteiger partial charge in [0.1, 0.15) is 0 Å². The first-order chi connectivity index (χ1) is 8.28. The van der Waals surface area contributed by atoms with Crippen molar-refractivity contribution >= 4 is 0 Å². The highest BCUT2D eigenvalue weighted by Crippen LogP contribution is 2.43. The Hall–Kier alpha value is -0.0800. The lowest BCUT2D eigenvalue weighted by atomic mass is 9.67. The number of hydrogen-bond donors (Lipinski definition) is 1. The van der Waals surface area contributed by atoms with Gasteiger partial charge < -0.3 is 10.5 Å². The molecule has 1 atom stereocenters. The first-order valence-electron chi connectivity index (χ1n) is 7.60. The van der Waals surface area contributed by atoms with Crippen LogP contribution in [0.15, 0.2) is 0 Å². The molecule has 1 unspecified atom stereocenters. The van der Waals surface area contributed by atoms with Crippen LogP contribution in [0.5, 0.6) is 0 Å². The fraction of sp³-hybridized carbons (Fsp3) is 1.00. The third-order valence-electron chi connectivity index (χ3n) is 5.20. The van der Waals surface area contributed by atoms with Crippen molar-refractivity contribution in [3.8, 4) is 0 Å². The van der Waals surface area contributed by atoms with Gasteiger partial charge in [0, 0.05) is 6.61 Å². The van der Waals surface area contributed by atoms with E-state index in [1.165, 1.54) is 57.8 Å². The van der Waals surface area contributed by atoms with Gasteiger partial charge in [0.2, 0.25) is 0 Å². The second-order valence-electron chi connectivity index (χ2n) is 6.23. The van der Waals surface area contributed by atoms with Gasteiger partial charge in [-0.1, -0.05) is 13.3 Å². The SMILES string of the molecule is CCC1CCC(CN)(CCC2CCCO2)CC1. The predicted molar refractivity (Wildman–Crippen MR) is 71.9 cm³/mol. The minimum atomic E-state index is 0.456. The van der Waals surface area contributed by atoms with E-state index in [1.54, 1.807) is 0 Å². The lowest BCUT2D eigenvalue weighted by Gasteiger charge is -2.40. The molecule has 2 fully saturated rings. The van der Waals surface area contributed by atoms with Gasteiger partial charge in [-0.2, -0.15) is 0 Å². The molecule has 2 heteroatoms. The lowest BCUT2D eigenvalue weighted by molar-refractivity contribution is 0.0721. The van der Waals surface area contributed by atoms with Crippen LogP contribution < -0.4 is 5.73 Å². The molecule has 2 rings (SSSR count).